The third-order valence-corrected chi connectivity index (χ3v) is 1.58. The van der Waals surface area contributed by atoms with Crippen LogP contribution in [0.15, 0.2) is 18.2 Å². The number of ether oxygens (including phenoxy) is 2. The lowest BCUT2D eigenvalue weighted by Gasteiger charge is -2.06. The van der Waals surface area contributed by atoms with E-state index in [1.807, 2.05) is 0 Å². The maximum atomic E-state index is 10.2. The summed E-state index contributed by atoms with van der Waals surface area (Å²) < 4.78 is 10.0. The molecular weight excluding hydrogens is 170 g/mol. The molecule has 0 aliphatic carbocycles. The third kappa shape index (κ3) is 2.37. The molecule has 4 nitrogen and oxygen atoms in total. The van der Waals surface area contributed by atoms with Gasteiger partial charge >= 0.3 is 0 Å². The molecule has 13 heavy (non-hydrogen) atoms. The van der Waals surface area contributed by atoms with Gasteiger partial charge in [0.05, 0.1) is 14.2 Å². The minimum atomic E-state index is 0.605. The number of carbonyl (C=O) groups excluding carboxylic acids is 1. The fourth-order valence-electron chi connectivity index (χ4n) is 0.959. The van der Waals surface area contributed by atoms with Gasteiger partial charge < -0.3 is 14.8 Å². The van der Waals surface area contributed by atoms with Crippen molar-refractivity contribution in [2.45, 2.75) is 0 Å². The maximum absolute atomic E-state index is 10.2. The van der Waals surface area contributed by atoms with E-state index in [0.717, 1.165) is 0 Å². The Labute approximate surface area is 76.5 Å². The van der Waals surface area contributed by atoms with Crippen LogP contribution in [0.3, 0.4) is 0 Å². The summed E-state index contributed by atoms with van der Waals surface area (Å²) in [6, 6.07) is 5.14. The molecule has 0 aliphatic heterocycles. The van der Waals surface area contributed by atoms with Crippen molar-refractivity contribution in [2.24, 2.45) is 0 Å². The van der Waals surface area contributed by atoms with Gasteiger partial charge in [-0.25, -0.2) is 0 Å². The van der Waals surface area contributed by atoms with E-state index < -0.39 is 0 Å². The summed E-state index contributed by atoms with van der Waals surface area (Å²) in [6.07, 6.45) is 0.605. The molecule has 0 radical (unpaired) electrons. The molecule has 4 heteroatoms. The molecule has 0 spiro atoms. The Morgan fingerprint density at radius 1 is 1.15 bits per heavy atom. The van der Waals surface area contributed by atoms with Crippen LogP contribution in [0.2, 0.25) is 0 Å². The fourth-order valence-corrected chi connectivity index (χ4v) is 0.959. The Morgan fingerprint density at radius 3 is 2.08 bits per heavy atom. The summed E-state index contributed by atoms with van der Waals surface area (Å²) >= 11 is 0. The smallest absolute Gasteiger partial charge is 0.211 e. The van der Waals surface area contributed by atoms with Crippen LogP contribution in [-0.4, -0.2) is 20.6 Å². The average Bonchev–Trinajstić information content (AvgIpc) is 2.17. The molecule has 0 saturated heterocycles. The number of hydrogen-bond acceptors (Lipinski definition) is 3. The first-order valence-electron chi connectivity index (χ1n) is 3.73. The first-order chi connectivity index (χ1) is 6.30. The maximum Gasteiger partial charge on any atom is 0.211 e. The van der Waals surface area contributed by atoms with E-state index in [-0.39, 0.29) is 0 Å². The SMILES string of the molecule is COc1cc(NC=O)cc(OC)c1. The van der Waals surface area contributed by atoms with E-state index in [9.17, 15) is 4.79 Å². The molecule has 70 valence electrons. The molecule has 0 heterocycles. The highest BCUT2D eigenvalue weighted by Crippen LogP contribution is 2.25. The zero-order chi connectivity index (χ0) is 9.68. The van der Waals surface area contributed by atoms with Crippen LogP contribution in [-0.2, 0) is 4.79 Å². The summed E-state index contributed by atoms with van der Waals surface area (Å²) in [7, 11) is 3.11. The van der Waals surface area contributed by atoms with Crippen molar-refractivity contribution in [1.29, 1.82) is 0 Å². The van der Waals surface area contributed by atoms with Crippen molar-refractivity contribution < 1.29 is 14.3 Å². The van der Waals surface area contributed by atoms with Gasteiger partial charge in [0.1, 0.15) is 11.5 Å². The molecule has 1 aromatic carbocycles. The minimum Gasteiger partial charge on any atom is -0.497 e. The molecule has 0 saturated carbocycles. The van der Waals surface area contributed by atoms with Crippen molar-refractivity contribution in [3.8, 4) is 11.5 Å². The second kappa shape index (κ2) is 4.35. The quantitative estimate of drug-likeness (QED) is 0.711. The number of carbonyl (C=O) groups is 1. The van der Waals surface area contributed by atoms with Gasteiger partial charge in [0.15, 0.2) is 0 Å². The van der Waals surface area contributed by atoms with Crippen molar-refractivity contribution in [3.63, 3.8) is 0 Å². The first-order valence-corrected chi connectivity index (χ1v) is 3.73. The molecule has 1 rings (SSSR count). The minimum absolute atomic E-state index is 0.605. The van der Waals surface area contributed by atoms with Gasteiger partial charge in [-0.2, -0.15) is 0 Å². The highest BCUT2D eigenvalue weighted by molar-refractivity contribution is 5.72. The zero-order valence-corrected chi connectivity index (χ0v) is 7.53. The van der Waals surface area contributed by atoms with Crippen molar-refractivity contribution in [1.82, 2.24) is 0 Å². The second-order valence-corrected chi connectivity index (χ2v) is 2.36. The van der Waals surface area contributed by atoms with Gasteiger partial charge in [-0.15, -0.1) is 0 Å². The molecule has 0 unspecified atom stereocenters. The molecule has 1 N–H and O–H groups in total. The van der Waals surface area contributed by atoms with Crippen molar-refractivity contribution >= 4 is 12.1 Å². The number of amides is 1. The predicted octanol–water partition coefficient (Wildman–Crippen LogP) is 1.27. The van der Waals surface area contributed by atoms with Crippen LogP contribution in [0.25, 0.3) is 0 Å². The normalized spacial score (nSPS) is 9.08. The number of benzene rings is 1. The van der Waals surface area contributed by atoms with Gasteiger partial charge in [-0.3, -0.25) is 4.79 Å². The third-order valence-electron chi connectivity index (χ3n) is 1.58. The second-order valence-electron chi connectivity index (χ2n) is 2.36. The molecule has 0 atom stereocenters. The molecule has 1 amide bonds. The van der Waals surface area contributed by atoms with Crippen molar-refractivity contribution in [2.75, 3.05) is 19.5 Å². The number of anilines is 1. The molecular formula is C9H11NO3. The van der Waals surface area contributed by atoms with E-state index >= 15 is 0 Å². The Balaban J connectivity index is 2.99. The van der Waals surface area contributed by atoms with E-state index in [4.69, 9.17) is 9.47 Å². The topological polar surface area (TPSA) is 47.6 Å². The lowest BCUT2D eigenvalue weighted by molar-refractivity contribution is -0.105. The van der Waals surface area contributed by atoms with E-state index in [2.05, 4.69) is 5.32 Å². The van der Waals surface area contributed by atoms with Crippen molar-refractivity contribution in [3.05, 3.63) is 18.2 Å². The Hall–Kier alpha value is -1.71. The zero-order valence-electron chi connectivity index (χ0n) is 7.53. The molecule has 0 aliphatic rings. The summed E-state index contributed by atoms with van der Waals surface area (Å²) in [4.78, 5) is 10.2. The highest BCUT2D eigenvalue weighted by atomic mass is 16.5. The largest absolute Gasteiger partial charge is 0.497 e. The summed E-state index contributed by atoms with van der Waals surface area (Å²) in [5, 5.41) is 2.52. The van der Waals surface area contributed by atoms with Gasteiger partial charge in [-0.05, 0) is 0 Å². The predicted molar refractivity (Wildman–Crippen MR) is 49.2 cm³/mol. The lowest BCUT2D eigenvalue weighted by atomic mass is 10.3. The average molecular weight is 181 g/mol. The van der Waals surface area contributed by atoms with Crippen LogP contribution < -0.4 is 14.8 Å². The Morgan fingerprint density at radius 2 is 1.69 bits per heavy atom. The van der Waals surface area contributed by atoms with Crippen LogP contribution in [0, 0.1) is 0 Å². The van der Waals surface area contributed by atoms with Crippen LogP contribution in [0.5, 0.6) is 11.5 Å². The van der Waals surface area contributed by atoms with Gasteiger partial charge in [0.2, 0.25) is 6.41 Å². The van der Waals surface area contributed by atoms with E-state index in [0.29, 0.717) is 23.6 Å². The Kier molecular flexibility index (Phi) is 3.14. The lowest BCUT2D eigenvalue weighted by Crippen LogP contribution is -1.95. The number of rotatable bonds is 4. The summed E-state index contributed by atoms with van der Waals surface area (Å²) in [6.45, 7) is 0. The molecule has 0 aromatic heterocycles. The summed E-state index contributed by atoms with van der Waals surface area (Å²) in [5.41, 5.74) is 0.645. The van der Waals surface area contributed by atoms with Crippen LogP contribution >= 0.6 is 0 Å². The highest BCUT2D eigenvalue weighted by Gasteiger charge is 1.99. The molecule has 0 fully saturated rings. The van der Waals surface area contributed by atoms with Gasteiger partial charge in [0, 0.05) is 23.9 Å². The van der Waals surface area contributed by atoms with Crippen LogP contribution in [0.4, 0.5) is 5.69 Å². The van der Waals surface area contributed by atoms with E-state index in [1.165, 1.54) is 0 Å². The van der Waals surface area contributed by atoms with Gasteiger partial charge in [0.25, 0.3) is 0 Å². The molecule has 1 aromatic rings. The fraction of sp³-hybridized carbons (Fsp3) is 0.222. The first kappa shape index (κ1) is 9.38. The summed E-state index contributed by atoms with van der Waals surface area (Å²) in [5.74, 6) is 1.28. The number of methoxy groups -OCH3 is 2. The van der Waals surface area contributed by atoms with Crippen LogP contribution in [0.1, 0.15) is 0 Å². The number of nitrogens with one attached hydrogen (secondary N) is 1. The monoisotopic (exact) mass is 181 g/mol. The van der Waals surface area contributed by atoms with Gasteiger partial charge in [-0.1, -0.05) is 0 Å². The standard InChI is InChI=1S/C9H11NO3/c1-12-8-3-7(10-6-11)4-9(5-8)13-2/h3-6H,1-2H3,(H,10,11). The van der Waals surface area contributed by atoms with E-state index in [1.54, 1.807) is 32.4 Å². The molecule has 0 bridgehead atoms. The Bertz CT molecular complexity index is 277. The number of hydrogen-bond donors (Lipinski definition) is 1.